The van der Waals surface area contributed by atoms with Gasteiger partial charge in [0.2, 0.25) is 11.1 Å². The molecule has 1 amide bonds. The Balaban J connectivity index is 1.73. The minimum absolute atomic E-state index is 0.225. The van der Waals surface area contributed by atoms with Gasteiger partial charge in [0.1, 0.15) is 0 Å². The number of thioether (sulfide) groups is 1. The summed E-state index contributed by atoms with van der Waals surface area (Å²) in [6.45, 7) is 1.77. The van der Waals surface area contributed by atoms with Crippen LogP contribution in [0.1, 0.15) is 6.92 Å². The molecular formula is C16H13Cl2N5OS. The van der Waals surface area contributed by atoms with Crippen LogP contribution in [0.4, 0.5) is 5.69 Å². The maximum atomic E-state index is 12.4. The maximum Gasteiger partial charge on any atom is 0.237 e. The van der Waals surface area contributed by atoms with E-state index in [1.54, 1.807) is 29.8 Å². The summed E-state index contributed by atoms with van der Waals surface area (Å²) in [7, 11) is 0. The molecule has 1 aromatic heterocycles. The lowest BCUT2D eigenvalue weighted by molar-refractivity contribution is -0.115. The second-order valence-corrected chi connectivity index (χ2v) is 7.23. The van der Waals surface area contributed by atoms with Crippen LogP contribution in [0.15, 0.2) is 53.7 Å². The molecular weight excluding hydrogens is 381 g/mol. The minimum Gasteiger partial charge on any atom is -0.324 e. The van der Waals surface area contributed by atoms with Gasteiger partial charge in [0.15, 0.2) is 0 Å². The summed E-state index contributed by atoms with van der Waals surface area (Å²) in [5, 5.41) is 15.4. The van der Waals surface area contributed by atoms with Crippen LogP contribution >= 0.6 is 35.0 Å². The molecule has 0 aliphatic carbocycles. The van der Waals surface area contributed by atoms with Gasteiger partial charge in [-0.3, -0.25) is 4.79 Å². The molecule has 128 valence electrons. The average Bonchev–Trinajstić information content (AvgIpc) is 3.07. The molecule has 1 heterocycles. The van der Waals surface area contributed by atoms with Crippen molar-refractivity contribution in [3.63, 3.8) is 0 Å². The predicted octanol–water partition coefficient (Wildman–Crippen LogP) is 4.09. The smallest absolute Gasteiger partial charge is 0.237 e. The number of carbonyl (C=O) groups excluding carboxylic acids is 1. The predicted molar refractivity (Wildman–Crippen MR) is 99.6 cm³/mol. The van der Waals surface area contributed by atoms with E-state index in [4.69, 9.17) is 23.2 Å². The largest absolute Gasteiger partial charge is 0.324 e. The van der Waals surface area contributed by atoms with Crippen molar-refractivity contribution in [2.45, 2.75) is 17.3 Å². The lowest BCUT2D eigenvalue weighted by Crippen LogP contribution is -2.23. The molecule has 1 N–H and O–H groups in total. The maximum absolute atomic E-state index is 12.4. The number of nitrogens with one attached hydrogen (secondary N) is 1. The summed E-state index contributed by atoms with van der Waals surface area (Å²) in [4.78, 5) is 12.4. The Kier molecular flexibility index (Phi) is 5.57. The van der Waals surface area contributed by atoms with Gasteiger partial charge < -0.3 is 5.32 Å². The molecule has 3 rings (SSSR count). The number of halogens is 2. The molecule has 0 saturated carbocycles. The topological polar surface area (TPSA) is 72.7 Å². The van der Waals surface area contributed by atoms with Crippen molar-refractivity contribution in [2.75, 3.05) is 5.32 Å². The van der Waals surface area contributed by atoms with E-state index in [1.165, 1.54) is 11.8 Å². The Morgan fingerprint density at radius 2 is 1.96 bits per heavy atom. The van der Waals surface area contributed by atoms with Crippen LogP contribution in [0, 0.1) is 0 Å². The van der Waals surface area contributed by atoms with Crippen molar-refractivity contribution in [3.05, 3.63) is 58.6 Å². The lowest BCUT2D eigenvalue weighted by Gasteiger charge is -2.13. The van der Waals surface area contributed by atoms with Gasteiger partial charge in [0.25, 0.3) is 0 Å². The zero-order valence-electron chi connectivity index (χ0n) is 13.1. The number of hydrogen-bond donors (Lipinski definition) is 1. The van der Waals surface area contributed by atoms with Gasteiger partial charge in [-0.15, -0.1) is 5.10 Å². The average molecular weight is 394 g/mol. The fourth-order valence-corrected chi connectivity index (χ4v) is 3.17. The molecule has 0 spiro atoms. The highest BCUT2D eigenvalue weighted by atomic mass is 35.5. The van der Waals surface area contributed by atoms with Crippen molar-refractivity contribution in [1.82, 2.24) is 20.2 Å². The number of tetrazole rings is 1. The van der Waals surface area contributed by atoms with Crippen LogP contribution in [0.2, 0.25) is 10.0 Å². The molecule has 0 saturated heterocycles. The van der Waals surface area contributed by atoms with E-state index in [0.717, 1.165) is 5.69 Å². The third-order valence-electron chi connectivity index (χ3n) is 3.28. The number of benzene rings is 2. The van der Waals surface area contributed by atoms with Crippen molar-refractivity contribution < 1.29 is 4.79 Å². The molecule has 0 aliphatic rings. The Bertz CT molecular complexity index is 887. The highest BCUT2D eigenvalue weighted by molar-refractivity contribution is 8.00. The van der Waals surface area contributed by atoms with Gasteiger partial charge in [0.05, 0.1) is 21.6 Å². The fraction of sp³-hybridized carbons (Fsp3) is 0.125. The highest BCUT2D eigenvalue weighted by Gasteiger charge is 2.20. The van der Waals surface area contributed by atoms with Crippen LogP contribution < -0.4 is 5.32 Å². The first-order valence-electron chi connectivity index (χ1n) is 7.31. The molecule has 3 aromatic rings. The lowest BCUT2D eigenvalue weighted by atomic mass is 10.3. The summed E-state index contributed by atoms with van der Waals surface area (Å²) in [6.07, 6.45) is 0. The normalized spacial score (nSPS) is 12.0. The molecule has 25 heavy (non-hydrogen) atoms. The number of carbonyl (C=O) groups is 1. The summed E-state index contributed by atoms with van der Waals surface area (Å²) < 4.78 is 1.58. The third-order valence-corrected chi connectivity index (χ3v) is 4.88. The standard InChI is InChI=1S/C16H13Cl2N5OS/c1-10(15(24)19-14-9-11(17)7-8-13(14)18)25-16-20-21-22-23(16)12-5-3-2-4-6-12/h2-10H,1H3,(H,19,24)/t10-/m1/s1. The van der Waals surface area contributed by atoms with Crippen LogP contribution in [-0.4, -0.2) is 31.4 Å². The van der Waals surface area contributed by atoms with Crippen LogP contribution in [0.5, 0.6) is 0 Å². The van der Waals surface area contributed by atoms with E-state index < -0.39 is 5.25 Å². The zero-order chi connectivity index (χ0) is 17.8. The number of para-hydroxylation sites is 1. The quantitative estimate of drug-likeness (QED) is 0.660. The van der Waals surface area contributed by atoms with E-state index in [2.05, 4.69) is 20.8 Å². The van der Waals surface area contributed by atoms with Crippen molar-refractivity contribution in [1.29, 1.82) is 0 Å². The van der Waals surface area contributed by atoms with Gasteiger partial charge in [0, 0.05) is 5.02 Å². The molecule has 1 atom stereocenters. The van der Waals surface area contributed by atoms with Crippen LogP contribution in [0.3, 0.4) is 0 Å². The Morgan fingerprint density at radius 3 is 2.72 bits per heavy atom. The monoisotopic (exact) mass is 393 g/mol. The Morgan fingerprint density at radius 1 is 1.20 bits per heavy atom. The first-order chi connectivity index (χ1) is 12.0. The van der Waals surface area contributed by atoms with E-state index in [1.807, 2.05) is 30.3 Å². The van der Waals surface area contributed by atoms with Crippen molar-refractivity contribution in [2.24, 2.45) is 0 Å². The first kappa shape index (κ1) is 17.7. The molecule has 9 heteroatoms. The molecule has 0 fully saturated rings. The summed E-state index contributed by atoms with van der Waals surface area (Å²) in [6, 6.07) is 14.4. The molecule has 0 bridgehead atoms. The summed E-state index contributed by atoms with van der Waals surface area (Å²) >= 11 is 13.3. The third kappa shape index (κ3) is 4.31. The van der Waals surface area contributed by atoms with E-state index in [9.17, 15) is 4.79 Å². The van der Waals surface area contributed by atoms with Crippen molar-refractivity contribution in [3.8, 4) is 5.69 Å². The second-order valence-electron chi connectivity index (χ2n) is 5.08. The number of hydrogen-bond acceptors (Lipinski definition) is 5. The van der Waals surface area contributed by atoms with Gasteiger partial charge in [-0.1, -0.05) is 53.2 Å². The molecule has 2 aromatic carbocycles. The van der Waals surface area contributed by atoms with Crippen molar-refractivity contribution >= 4 is 46.6 Å². The number of amides is 1. The molecule has 0 aliphatic heterocycles. The highest BCUT2D eigenvalue weighted by Crippen LogP contribution is 2.28. The van der Waals surface area contributed by atoms with Gasteiger partial charge in [-0.25, -0.2) is 0 Å². The summed E-state index contributed by atoms with van der Waals surface area (Å²) in [5.41, 5.74) is 1.29. The zero-order valence-corrected chi connectivity index (χ0v) is 15.4. The molecule has 0 unspecified atom stereocenters. The SMILES string of the molecule is C[C@@H](Sc1nnnn1-c1ccccc1)C(=O)Nc1cc(Cl)ccc1Cl. The van der Waals surface area contributed by atoms with E-state index in [0.29, 0.717) is 20.9 Å². The fourth-order valence-electron chi connectivity index (χ4n) is 2.02. The number of aromatic nitrogens is 4. The van der Waals surface area contributed by atoms with E-state index in [-0.39, 0.29) is 5.91 Å². The summed E-state index contributed by atoms with van der Waals surface area (Å²) in [5.74, 6) is -0.225. The number of nitrogens with zero attached hydrogens (tertiary/aromatic N) is 4. The van der Waals surface area contributed by atoms with Gasteiger partial charge >= 0.3 is 0 Å². The molecule has 0 radical (unpaired) electrons. The van der Waals surface area contributed by atoms with Crippen LogP contribution in [-0.2, 0) is 4.79 Å². The number of rotatable bonds is 5. The van der Waals surface area contributed by atoms with Gasteiger partial charge in [-0.05, 0) is 47.7 Å². The van der Waals surface area contributed by atoms with Crippen LogP contribution in [0.25, 0.3) is 5.69 Å². The number of anilines is 1. The first-order valence-corrected chi connectivity index (χ1v) is 8.94. The Labute approximate surface area is 158 Å². The molecule has 6 nitrogen and oxygen atoms in total. The second kappa shape index (κ2) is 7.86. The van der Waals surface area contributed by atoms with E-state index >= 15 is 0 Å². The Hall–Kier alpha value is -2.09. The minimum atomic E-state index is -0.441. The van der Waals surface area contributed by atoms with Gasteiger partial charge in [-0.2, -0.15) is 4.68 Å².